The molecule has 5 aromatic rings. The number of rotatable bonds is 1. The van der Waals surface area contributed by atoms with Gasteiger partial charge in [-0.15, -0.1) is 0 Å². The summed E-state index contributed by atoms with van der Waals surface area (Å²) in [5, 5.41) is 4.86. The molecule has 0 heterocycles. The maximum atomic E-state index is 5.43. The first-order valence-corrected chi connectivity index (χ1v) is 14.9. The van der Waals surface area contributed by atoms with Crippen molar-refractivity contribution >= 4 is 38.7 Å². The summed E-state index contributed by atoms with van der Waals surface area (Å²) >= 11 is 0. The molecule has 0 atom stereocenters. The van der Waals surface area contributed by atoms with E-state index in [1.807, 2.05) is 62.4 Å². The van der Waals surface area contributed by atoms with Gasteiger partial charge in [0.1, 0.15) is 0 Å². The van der Waals surface area contributed by atoms with Gasteiger partial charge in [-0.25, -0.2) is 4.99 Å². The number of fused-ring (bicyclic) bond motifs is 4. The van der Waals surface area contributed by atoms with Gasteiger partial charge in [-0.2, -0.15) is 0 Å². The zero-order valence-electron chi connectivity index (χ0n) is 26.1. The van der Waals surface area contributed by atoms with E-state index in [1.165, 1.54) is 27.1 Å². The molecule has 5 aromatic carbocycles. The molecule has 208 valence electrons. The first-order valence-electron chi connectivity index (χ1n) is 14.9. The summed E-state index contributed by atoms with van der Waals surface area (Å²) in [5.41, 5.74) is 8.86. The standard InChI is InChI=1S/C30H22N2.4C2H6/c1-19-20-11-3-5-13-22(20)29(23-14-6-4-12-21(19)23)32-30-26-17-9-7-15-24(26)28(31-2)25-16-8-10-18-27(25)30;4*1-2/h3-18H,1-2H3;4*1-2H3. The van der Waals surface area contributed by atoms with Crippen LogP contribution in [0.2, 0.25) is 0 Å². The molecule has 0 saturated heterocycles. The van der Waals surface area contributed by atoms with E-state index in [0.717, 1.165) is 39.4 Å². The maximum absolute atomic E-state index is 5.43. The Labute approximate surface area is 242 Å². The minimum Gasteiger partial charge on any atom is -0.287 e. The van der Waals surface area contributed by atoms with Gasteiger partial charge in [-0.3, -0.25) is 4.99 Å². The highest BCUT2D eigenvalue weighted by molar-refractivity contribution is 6.32. The lowest BCUT2D eigenvalue weighted by molar-refractivity contribution is 1.37. The first kappa shape index (κ1) is 32.2. The van der Waals surface area contributed by atoms with Crippen LogP contribution in [-0.4, -0.2) is 18.5 Å². The Morgan fingerprint density at radius 3 is 1.05 bits per heavy atom. The van der Waals surface area contributed by atoms with E-state index in [9.17, 15) is 0 Å². The van der Waals surface area contributed by atoms with Gasteiger partial charge in [-0.1, -0.05) is 152 Å². The molecule has 40 heavy (non-hydrogen) atoms. The van der Waals surface area contributed by atoms with Crippen LogP contribution in [0, 0.1) is 6.92 Å². The molecule has 0 bridgehead atoms. The number of hydrogen-bond donors (Lipinski definition) is 0. The van der Waals surface area contributed by atoms with Crippen molar-refractivity contribution in [2.45, 2.75) is 62.3 Å². The quantitative estimate of drug-likeness (QED) is 0.189. The fourth-order valence-corrected chi connectivity index (χ4v) is 5.00. The highest BCUT2D eigenvalue weighted by atomic mass is 14.8. The van der Waals surface area contributed by atoms with E-state index in [-0.39, 0.29) is 0 Å². The SMILES string of the molecule is CC.CC.CC.CC.CN=C1c2ccccc2C(=Nc2c3ccccc3c(C)c3ccccc23)c2ccccc21. The highest BCUT2D eigenvalue weighted by Crippen LogP contribution is 2.40. The van der Waals surface area contributed by atoms with Gasteiger partial charge in [0, 0.05) is 40.1 Å². The van der Waals surface area contributed by atoms with Crippen LogP contribution in [0.25, 0.3) is 21.5 Å². The van der Waals surface area contributed by atoms with Crippen molar-refractivity contribution in [1.82, 2.24) is 0 Å². The molecule has 0 fully saturated rings. The Morgan fingerprint density at radius 2 is 0.700 bits per heavy atom. The molecule has 1 aliphatic rings. The summed E-state index contributed by atoms with van der Waals surface area (Å²) in [5.74, 6) is 0. The highest BCUT2D eigenvalue weighted by Gasteiger charge is 2.26. The summed E-state index contributed by atoms with van der Waals surface area (Å²) in [6.07, 6.45) is 0. The van der Waals surface area contributed by atoms with Crippen LogP contribution in [0.5, 0.6) is 0 Å². The molecule has 2 nitrogen and oxygen atoms in total. The second-order valence-electron chi connectivity index (χ2n) is 8.19. The summed E-state index contributed by atoms with van der Waals surface area (Å²) < 4.78 is 0. The van der Waals surface area contributed by atoms with Crippen LogP contribution in [0.4, 0.5) is 5.69 Å². The average molecular weight is 531 g/mol. The van der Waals surface area contributed by atoms with E-state index in [2.05, 4.69) is 109 Å². The van der Waals surface area contributed by atoms with Gasteiger partial charge in [0.05, 0.1) is 17.1 Å². The summed E-state index contributed by atoms with van der Waals surface area (Å²) in [6, 6.07) is 34.1. The number of nitrogens with zero attached hydrogens (tertiary/aromatic N) is 2. The van der Waals surface area contributed by atoms with E-state index in [4.69, 9.17) is 4.99 Å². The molecule has 0 saturated carbocycles. The molecule has 0 amide bonds. The second-order valence-corrected chi connectivity index (χ2v) is 8.19. The molecule has 0 radical (unpaired) electrons. The molecule has 0 aromatic heterocycles. The van der Waals surface area contributed by atoms with Gasteiger partial charge in [0.2, 0.25) is 0 Å². The maximum Gasteiger partial charge on any atom is 0.0795 e. The van der Waals surface area contributed by atoms with Crippen LogP contribution >= 0.6 is 0 Å². The predicted octanol–water partition coefficient (Wildman–Crippen LogP) is 11.4. The lowest BCUT2D eigenvalue weighted by atomic mass is 9.82. The molecule has 6 rings (SSSR count). The van der Waals surface area contributed by atoms with E-state index >= 15 is 0 Å². The summed E-state index contributed by atoms with van der Waals surface area (Å²) in [4.78, 5) is 10.1. The number of aliphatic imine (C=N–C) groups is 2. The molecular weight excluding hydrogens is 484 g/mol. The Bertz CT molecular complexity index is 1480. The van der Waals surface area contributed by atoms with Gasteiger partial charge < -0.3 is 0 Å². The molecule has 0 aliphatic heterocycles. The topological polar surface area (TPSA) is 24.7 Å². The Balaban J connectivity index is 0.000000646. The molecule has 1 aliphatic carbocycles. The monoisotopic (exact) mass is 530 g/mol. The molecule has 0 N–H and O–H groups in total. The predicted molar refractivity (Wildman–Crippen MR) is 181 cm³/mol. The van der Waals surface area contributed by atoms with Crippen LogP contribution in [0.1, 0.15) is 83.2 Å². The van der Waals surface area contributed by atoms with Gasteiger partial charge in [0.15, 0.2) is 0 Å². The molecule has 0 spiro atoms. The minimum atomic E-state index is 1.00. The molecule has 0 unspecified atom stereocenters. The van der Waals surface area contributed by atoms with Crippen molar-refractivity contribution < 1.29 is 0 Å². The van der Waals surface area contributed by atoms with Gasteiger partial charge in [0.25, 0.3) is 0 Å². The minimum absolute atomic E-state index is 1.00. The van der Waals surface area contributed by atoms with Gasteiger partial charge in [-0.05, 0) is 23.3 Å². The number of benzene rings is 5. The zero-order valence-corrected chi connectivity index (χ0v) is 26.1. The van der Waals surface area contributed by atoms with Crippen LogP contribution in [0.15, 0.2) is 107 Å². The molecular formula is C38H46N2. The lowest BCUT2D eigenvalue weighted by Gasteiger charge is -2.23. The van der Waals surface area contributed by atoms with Crippen LogP contribution < -0.4 is 0 Å². The Morgan fingerprint density at radius 1 is 0.400 bits per heavy atom. The first-order chi connectivity index (χ1) is 19.8. The number of hydrogen-bond acceptors (Lipinski definition) is 2. The Hall–Kier alpha value is -4.04. The third-order valence-corrected chi connectivity index (χ3v) is 6.49. The van der Waals surface area contributed by atoms with E-state index in [0.29, 0.717) is 0 Å². The largest absolute Gasteiger partial charge is 0.287 e. The van der Waals surface area contributed by atoms with Crippen molar-refractivity contribution in [3.05, 3.63) is 125 Å². The second kappa shape index (κ2) is 16.2. The average Bonchev–Trinajstić information content (AvgIpc) is 3.06. The fourth-order valence-electron chi connectivity index (χ4n) is 5.00. The number of aryl methyl sites for hydroxylation is 1. The normalized spacial score (nSPS) is 10.7. The van der Waals surface area contributed by atoms with Gasteiger partial charge >= 0.3 is 0 Å². The van der Waals surface area contributed by atoms with Crippen molar-refractivity contribution in [3.8, 4) is 0 Å². The fraction of sp³-hybridized carbons (Fsp3) is 0.263. The van der Waals surface area contributed by atoms with Crippen molar-refractivity contribution in [3.63, 3.8) is 0 Å². The van der Waals surface area contributed by atoms with Crippen molar-refractivity contribution in [1.29, 1.82) is 0 Å². The lowest BCUT2D eigenvalue weighted by Crippen LogP contribution is -2.22. The summed E-state index contributed by atoms with van der Waals surface area (Å²) in [7, 11) is 1.87. The third-order valence-electron chi connectivity index (χ3n) is 6.49. The Kier molecular flexibility index (Phi) is 13.0. The smallest absolute Gasteiger partial charge is 0.0795 e. The van der Waals surface area contributed by atoms with Crippen molar-refractivity contribution in [2.75, 3.05) is 7.05 Å². The zero-order chi connectivity index (χ0) is 29.7. The van der Waals surface area contributed by atoms with Crippen LogP contribution in [-0.2, 0) is 0 Å². The summed E-state index contributed by atoms with van der Waals surface area (Å²) in [6.45, 7) is 18.2. The van der Waals surface area contributed by atoms with Crippen LogP contribution in [0.3, 0.4) is 0 Å². The van der Waals surface area contributed by atoms with E-state index < -0.39 is 0 Å². The molecule has 2 heteroatoms. The third kappa shape index (κ3) is 6.07. The van der Waals surface area contributed by atoms with Crippen molar-refractivity contribution in [2.24, 2.45) is 9.98 Å². The van der Waals surface area contributed by atoms with E-state index in [1.54, 1.807) is 0 Å².